The van der Waals surface area contributed by atoms with Gasteiger partial charge in [0, 0.05) is 13.2 Å². The molecule has 1 aromatic carbocycles. The van der Waals surface area contributed by atoms with E-state index in [1.165, 1.54) is 10.4 Å². The number of nitrogens with one attached hydrogen (secondary N) is 1. The average Bonchev–Trinajstić information content (AvgIpc) is 3.08. The van der Waals surface area contributed by atoms with Crippen LogP contribution in [0, 0.1) is 0 Å². The molecule has 0 saturated carbocycles. The molecule has 1 N–H and O–H groups in total. The van der Waals surface area contributed by atoms with E-state index in [-0.39, 0.29) is 6.10 Å². The van der Waals surface area contributed by atoms with Crippen LogP contribution in [0.3, 0.4) is 0 Å². The number of benzene rings is 1. The van der Waals surface area contributed by atoms with E-state index >= 15 is 0 Å². The minimum atomic E-state index is 0.207. The topological polar surface area (TPSA) is 34.2 Å². The van der Waals surface area contributed by atoms with Crippen molar-refractivity contribution >= 4 is 11.3 Å². The van der Waals surface area contributed by atoms with Gasteiger partial charge in [0.2, 0.25) is 0 Å². The fraction of sp³-hybridized carbons (Fsp3) is 0.400. The molecule has 3 nitrogen and oxygen atoms in total. The van der Waals surface area contributed by atoms with Gasteiger partial charge in [-0.1, -0.05) is 30.3 Å². The molecule has 2 aromatic rings. The molecule has 0 bridgehead atoms. The van der Waals surface area contributed by atoms with Gasteiger partial charge in [0.25, 0.3) is 0 Å². The van der Waals surface area contributed by atoms with Gasteiger partial charge >= 0.3 is 0 Å². The zero-order valence-electron chi connectivity index (χ0n) is 11.1. The van der Waals surface area contributed by atoms with Crippen molar-refractivity contribution in [2.75, 3.05) is 13.7 Å². The van der Waals surface area contributed by atoms with Gasteiger partial charge in [-0.25, -0.2) is 4.98 Å². The minimum Gasteiger partial charge on any atom is -0.371 e. The molecule has 1 aliphatic heterocycles. The molecule has 1 unspecified atom stereocenters. The summed E-state index contributed by atoms with van der Waals surface area (Å²) in [6.07, 6.45) is 2.45. The first-order valence-electron chi connectivity index (χ1n) is 6.69. The lowest BCUT2D eigenvalue weighted by atomic mass is 10.1. The molecule has 1 aliphatic rings. The van der Waals surface area contributed by atoms with E-state index in [9.17, 15) is 0 Å². The predicted octanol–water partition coefficient (Wildman–Crippen LogP) is 3.38. The molecule has 1 saturated heterocycles. The number of nitrogens with zero attached hydrogens (tertiary/aromatic N) is 1. The quantitative estimate of drug-likeness (QED) is 0.928. The molecule has 2 heterocycles. The third kappa shape index (κ3) is 2.71. The van der Waals surface area contributed by atoms with E-state index in [4.69, 9.17) is 9.72 Å². The van der Waals surface area contributed by atoms with E-state index in [1.807, 2.05) is 13.1 Å². The highest BCUT2D eigenvalue weighted by atomic mass is 32.1. The standard InChI is InChI=1S/C15H18N2OS/c1-16-10-12-14(11-6-3-2-4-7-11)19-15(17-12)13-8-5-9-18-13/h2-4,6-7,13,16H,5,8-10H2,1H3. The van der Waals surface area contributed by atoms with Crippen LogP contribution in [-0.2, 0) is 11.3 Å². The Labute approximate surface area is 117 Å². The summed E-state index contributed by atoms with van der Waals surface area (Å²) in [5.74, 6) is 0. The van der Waals surface area contributed by atoms with Crippen LogP contribution < -0.4 is 5.32 Å². The van der Waals surface area contributed by atoms with Crippen molar-refractivity contribution in [2.24, 2.45) is 0 Å². The number of hydrogen-bond donors (Lipinski definition) is 1. The molecule has 3 rings (SSSR count). The summed E-state index contributed by atoms with van der Waals surface area (Å²) in [4.78, 5) is 6.05. The van der Waals surface area contributed by atoms with Gasteiger partial charge < -0.3 is 10.1 Å². The maximum absolute atomic E-state index is 5.75. The average molecular weight is 274 g/mol. The Balaban J connectivity index is 1.97. The van der Waals surface area contributed by atoms with Crippen LogP contribution >= 0.6 is 11.3 Å². The van der Waals surface area contributed by atoms with Crippen LogP contribution in [0.15, 0.2) is 30.3 Å². The summed E-state index contributed by atoms with van der Waals surface area (Å²) in [7, 11) is 1.96. The fourth-order valence-corrected chi connectivity index (χ4v) is 3.55. The lowest BCUT2D eigenvalue weighted by molar-refractivity contribution is 0.111. The van der Waals surface area contributed by atoms with Gasteiger partial charge in [-0.2, -0.15) is 0 Å². The molecule has 0 aliphatic carbocycles. The second-order valence-corrected chi connectivity index (χ2v) is 5.76. The third-order valence-corrected chi connectivity index (χ3v) is 4.54. The first-order chi connectivity index (χ1) is 9.38. The van der Waals surface area contributed by atoms with Gasteiger partial charge in [0.15, 0.2) is 0 Å². The molecule has 1 atom stereocenters. The summed E-state index contributed by atoms with van der Waals surface area (Å²) in [6.45, 7) is 1.67. The predicted molar refractivity (Wildman–Crippen MR) is 78.2 cm³/mol. The normalized spacial score (nSPS) is 18.9. The third-order valence-electron chi connectivity index (χ3n) is 3.30. The highest BCUT2D eigenvalue weighted by Gasteiger charge is 2.23. The van der Waals surface area contributed by atoms with Crippen LogP contribution in [0.4, 0.5) is 0 Å². The second-order valence-electron chi connectivity index (χ2n) is 4.73. The van der Waals surface area contributed by atoms with E-state index in [1.54, 1.807) is 11.3 Å². The minimum absolute atomic E-state index is 0.207. The smallest absolute Gasteiger partial charge is 0.122 e. The number of ether oxygens (including phenoxy) is 1. The lowest BCUT2D eigenvalue weighted by Crippen LogP contribution is -2.07. The highest BCUT2D eigenvalue weighted by Crippen LogP contribution is 2.37. The number of rotatable bonds is 4. The van der Waals surface area contributed by atoms with E-state index in [2.05, 4.69) is 29.6 Å². The van der Waals surface area contributed by atoms with Crippen LogP contribution in [0.1, 0.15) is 29.6 Å². The van der Waals surface area contributed by atoms with E-state index in [0.717, 1.165) is 36.7 Å². The van der Waals surface area contributed by atoms with Crippen molar-refractivity contribution in [3.63, 3.8) is 0 Å². The van der Waals surface area contributed by atoms with Crippen LogP contribution in [0.5, 0.6) is 0 Å². The van der Waals surface area contributed by atoms with E-state index < -0.39 is 0 Å². The van der Waals surface area contributed by atoms with Crippen LogP contribution in [0.2, 0.25) is 0 Å². The van der Waals surface area contributed by atoms with E-state index in [0.29, 0.717) is 0 Å². The zero-order valence-corrected chi connectivity index (χ0v) is 11.9. The zero-order chi connectivity index (χ0) is 13.1. The summed E-state index contributed by atoms with van der Waals surface area (Å²) < 4.78 is 5.75. The highest BCUT2D eigenvalue weighted by molar-refractivity contribution is 7.15. The van der Waals surface area contributed by atoms with Gasteiger partial charge in [0.05, 0.1) is 10.6 Å². The Kier molecular flexibility index (Phi) is 3.92. The monoisotopic (exact) mass is 274 g/mol. The molecular formula is C15H18N2OS. The Morgan fingerprint density at radius 1 is 1.37 bits per heavy atom. The first-order valence-corrected chi connectivity index (χ1v) is 7.51. The molecule has 19 heavy (non-hydrogen) atoms. The van der Waals surface area contributed by atoms with Crippen molar-refractivity contribution in [2.45, 2.75) is 25.5 Å². The molecular weight excluding hydrogens is 256 g/mol. The van der Waals surface area contributed by atoms with Gasteiger partial charge in [-0.3, -0.25) is 0 Å². The second kappa shape index (κ2) is 5.82. The SMILES string of the molecule is CNCc1nc(C2CCCO2)sc1-c1ccccc1. The number of thiazole rings is 1. The van der Waals surface area contributed by atoms with Crippen molar-refractivity contribution in [1.82, 2.24) is 10.3 Å². The molecule has 0 radical (unpaired) electrons. The Bertz CT molecular complexity index is 532. The Morgan fingerprint density at radius 2 is 2.21 bits per heavy atom. The Hall–Kier alpha value is -1.23. The molecule has 0 amide bonds. The summed E-state index contributed by atoms with van der Waals surface area (Å²) in [6, 6.07) is 10.5. The van der Waals surface area contributed by atoms with Gasteiger partial charge in [-0.05, 0) is 25.5 Å². The fourth-order valence-electron chi connectivity index (χ4n) is 2.38. The van der Waals surface area contributed by atoms with Gasteiger partial charge in [-0.15, -0.1) is 11.3 Å². The summed E-state index contributed by atoms with van der Waals surface area (Å²) in [5, 5.41) is 4.33. The van der Waals surface area contributed by atoms with Crippen molar-refractivity contribution in [1.29, 1.82) is 0 Å². The summed E-state index contributed by atoms with van der Waals surface area (Å²) in [5.41, 5.74) is 2.37. The molecule has 1 fully saturated rings. The maximum atomic E-state index is 5.75. The molecule has 1 aromatic heterocycles. The molecule has 0 spiro atoms. The Morgan fingerprint density at radius 3 is 2.89 bits per heavy atom. The van der Waals surface area contributed by atoms with Crippen molar-refractivity contribution in [3.8, 4) is 10.4 Å². The number of aromatic nitrogens is 1. The number of hydrogen-bond acceptors (Lipinski definition) is 4. The van der Waals surface area contributed by atoms with Crippen LogP contribution in [-0.4, -0.2) is 18.6 Å². The van der Waals surface area contributed by atoms with Gasteiger partial charge in [0.1, 0.15) is 11.1 Å². The summed E-state index contributed by atoms with van der Waals surface area (Å²) >= 11 is 1.77. The maximum Gasteiger partial charge on any atom is 0.122 e. The molecule has 100 valence electrons. The van der Waals surface area contributed by atoms with Crippen molar-refractivity contribution in [3.05, 3.63) is 41.0 Å². The largest absolute Gasteiger partial charge is 0.371 e. The molecule has 4 heteroatoms. The first kappa shape index (κ1) is 12.8. The van der Waals surface area contributed by atoms with Crippen LogP contribution in [0.25, 0.3) is 10.4 Å². The van der Waals surface area contributed by atoms with Crippen molar-refractivity contribution < 1.29 is 4.74 Å². The lowest BCUT2D eigenvalue weighted by Gasteiger charge is -2.03.